The Balaban J connectivity index is 1.56. The number of pyridine rings is 1. The summed E-state index contributed by atoms with van der Waals surface area (Å²) in [6.45, 7) is 0. The number of thioether (sulfide) groups is 1. The van der Waals surface area contributed by atoms with Crippen molar-refractivity contribution in [1.82, 2.24) is 10.3 Å². The van der Waals surface area contributed by atoms with Gasteiger partial charge in [0.2, 0.25) is 5.91 Å². The van der Waals surface area contributed by atoms with Gasteiger partial charge in [0, 0.05) is 29.8 Å². The standard InChI is InChI=1S/C26H23N3O3S/c1-27-26(31)18-9-6-10-19(13-18)28-24(30)16-33-25-15-22(17-7-4-3-5-8-17)21-12-11-20(32-2)14-23(21)29-25/h3-15H,16H2,1-2H3,(H,27,31)(H,28,30). The van der Waals surface area contributed by atoms with Crippen LogP contribution in [-0.4, -0.2) is 36.7 Å². The van der Waals surface area contributed by atoms with Crippen molar-refractivity contribution in [2.75, 3.05) is 25.2 Å². The van der Waals surface area contributed by atoms with E-state index in [0.29, 0.717) is 11.3 Å². The van der Waals surface area contributed by atoms with Crippen LogP contribution in [0.25, 0.3) is 22.0 Å². The number of anilines is 1. The van der Waals surface area contributed by atoms with Gasteiger partial charge in [-0.25, -0.2) is 4.98 Å². The van der Waals surface area contributed by atoms with E-state index < -0.39 is 0 Å². The van der Waals surface area contributed by atoms with Crippen molar-refractivity contribution >= 4 is 40.2 Å². The highest BCUT2D eigenvalue weighted by molar-refractivity contribution is 7.99. The molecule has 4 rings (SSSR count). The Morgan fingerprint density at radius 2 is 1.79 bits per heavy atom. The largest absolute Gasteiger partial charge is 0.497 e. The molecule has 0 fully saturated rings. The topological polar surface area (TPSA) is 80.3 Å². The molecule has 1 heterocycles. The number of hydrogen-bond acceptors (Lipinski definition) is 5. The number of aromatic nitrogens is 1. The summed E-state index contributed by atoms with van der Waals surface area (Å²) in [6.07, 6.45) is 0. The molecule has 0 saturated carbocycles. The zero-order valence-corrected chi connectivity index (χ0v) is 19.1. The van der Waals surface area contributed by atoms with Gasteiger partial charge in [-0.05, 0) is 47.5 Å². The van der Waals surface area contributed by atoms with E-state index in [1.54, 1.807) is 38.4 Å². The van der Waals surface area contributed by atoms with Crippen molar-refractivity contribution in [3.8, 4) is 16.9 Å². The van der Waals surface area contributed by atoms with Gasteiger partial charge in [-0.1, -0.05) is 48.2 Å². The number of carbonyl (C=O) groups excluding carboxylic acids is 2. The number of ether oxygens (including phenoxy) is 1. The number of benzene rings is 3. The Bertz CT molecular complexity index is 1310. The Morgan fingerprint density at radius 1 is 0.970 bits per heavy atom. The molecule has 33 heavy (non-hydrogen) atoms. The van der Waals surface area contributed by atoms with E-state index in [2.05, 4.69) is 22.8 Å². The Labute approximate surface area is 196 Å². The average molecular weight is 458 g/mol. The summed E-state index contributed by atoms with van der Waals surface area (Å²) >= 11 is 1.36. The molecule has 1 aromatic heterocycles. The van der Waals surface area contributed by atoms with Gasteiger partial charge in [-0.3, -0.25) is 9.59 Å². The lowest BCUT2D eigenvalue weighted by atomic mass is 10.0. The molecule has 166 valence electrons. The number of nitrogens with one attached hydrogen (secondary N) is 2. The van der Waals surface area contributed by atoms with E-state index in [9.17, 15) is 9.59 Å². The van der Waals surface area contributed by atoms with Gasteiger partial charge in [0.15, 0.2) is 0 Å². The number of hydrogen-bond donors (Lipinski definition) is 2. The fraction of sp³-hybridized carbons (Fsp3) is 0.115. The third-order valence-electron chi connectivity index (χ3n) is 5.07. The molecule has 0 unspecified atom stereocenters. The van der Waals surface area contributed by atoms with Crippen molar-refractivity contribution < 1.29 is 14.3 Å². The molecule has 2 amide bonds. The van der Waals surface area contributed by atoms with Crippen LogP contribution in [0, 0.1) is 0 Å². The highest BCUT2D eigenvalue weighted by Gasteiger charge is 2.12. The van der Waals surface area contributed by atoms with Gasteiger partial charge < -0.3 is 15.4 Å². The first kappa shape index (κ1) is 22.4. The number of methoxy groups -OCH3 is 1. The van der Waals surface area contributed by atoms with E-state index in [0.717, 1.165) is 32.8 Å². The predicted octanol–water partition coefficient (Wildman–Crippen LogP) is 5.00. The van der Waals surface area contributed by atoms with Crippen molar-refractivity contribution in [3.63, 3.8) is 0 Å². The number of carbonyl (C=O) groups is 2. The molecule has 0 atom stereocenters. The molecular formula is C26H23N3O3S. The van der Waals surface area contributed by atoms with Crippen molar-refractivity contribution in [1.29, 1.82) is 0 Å². The van der Waals surface area contributed by atoms with Crippen LogP contribution >= 0.6 is 11.8 Å². The SMILES string of the molecule is CNC(=O)c1cccc(NC(=O)CSc2cc(-c3ccccc3)c3ccc(OC)cc3n2)c1. The maximum absolute atomic E-state index is 12.6. The van der Waals surface area contributed by atoms with Gasteiger partial charge in [-0.15, -0.1) is 0 Å². The third-order valence-corrected chi connectivity index (χ3v) is 5.98. The molecule has 0 aliphatic carbocycles. The van der Waals surface area contributed by atoms with E-state index in [1.165, 1.54) is 11.8 Å². The van der Waals surface area contributed by atoms with Crippen LogP contribution in [0.5, 0.6) is 5.75 Å². The summed E-state index contributed by atoms with van der Waals surface area (Å²) in [6, 6.07) is 24.8. The fourth-order valence-corrected chi connectivity index (χ4v) is 4.18. The van der Waals surface area contributed by atoms with Crippen LogP contribution in [0.4, 0.5) is 5.69 Å². The number of fused-ring (bicyclic) bond motifs is 1. The summed E-state index contributed by atoms with van der Waals surface area (Å²) in [7, 11) is 3.20. The van der Waals surface area contributed by atoms with Gasteiger partial charge in [-0.2, -0.15) is 0 Å². The highest BCUT2D eigenvalue weighted by Crippen LogP contribution is 2.33. The monoisotopic (exact) mass is 457 g/mol. The van der Waals surface area contributed by atoms with Crippen LogP contribution in [-0.2, 0) is 4.79 Å². The molecule has 2 N–H and O–H groups in total. The summed E-state index contributed by atoms with van der Waals surface area (Å²) in [5, 5.41) is 7.18. The van der Waals surface area contributed by atoms with E-state index in [4.69, 9.17) is 9.72 Å². The van der Waals surface area contributed by atoms with Crippen LogP contribution < -0.4 is 15.4 Å². The first-order valence-electron chi connectivity index (χ1n) is 10.4. The third kappa shape index (κ3) is 5.32. The minimum absolute atomic E-state index is 0.178. The number of amides is 2. The van der Waals surface area contributed by atoms with E-state index in [1.807, 2.05) is 42.5 Å². The second kappa shape index (κ2) is 10.2. The van der Waals surface area contributed by atoms with Gasteiger partial charge in [0.25, 0.3) is 5.91 Å². The Kier molecular flexibility index (Phi) is 6.90. The van der Waals surface area contributed by atoms with Crippen LogP contribution in [0.15, 0.2) is 83.9 Å². The lowest BCUT2D eigenvalue weighted by Crippen LogP contribution is -2.19. The van der Waals surface area contributed by atoms with Gasteiger partial charge in [0.05, 0.1) is 23.4 Å². The number of rotatable bonds is 7. The Morgan fingerprint density at radius 3 is 2.55 bits per heavy atom. The van der Waals surface area contributed by atoms with Crippen LogP contribution in [0.1, 0.15) is 10.4 Å². The first-order chi connectivity index (χ1) is 16.1. The predicted molar refractivity (Wildman–Crippen MR) is 133 cm³/mol. The van der Waals surface area contributed by atoms with Crippen LogP contribution in [0.2, 0.25) is 0 Å². The average Bonchev–Trinajstić information content (AvgIpc) is 2.86. The summed E-state index contributed by atoms with van der Waals surface area (Å²) in [4.78, 5) is 29.1. The number of nitrogens with zero attached hydrogens (tertiary/aromatic N) is 1. The molecule has 4 aromatic rings. The Hall–Kier alpha value is -3.84. The first-order valence-corrected chi connectivity index (χ1v) is 11.3. The molecule has 3 aromatic carbocycles. The summed E-state index contributed by atoms with van der Waals surface area (Å²) in [5.74, 6) is 0.526. The highest BCUT2D eigenvalue weighted by atomic mass is 32.2. The molecule has 0 radical (unpaired) electrons. The normalized spacial score (nSPS) is 10.6. The molecule has 0 bridgehead atoms. The quantitative estimate of drug-likeness (QED) is 0.382. The fourth-order valence-electron chi connectivity index (χ4n) is 3.46. The maximum atomic E-state index is 12.6. The summed E-state index contributed by atoms with van der Waals surface area (Å²) < 4.78 is 5.37. The minimum Gasteiger partial charge on any atom is -0.497 e. The molecule has 6 nitrogen and oxygen atoms in total. The summed E-state index contributed by atoms with van der Waals surface area (Å²) in [5.41, 5.74) is 3.98. The van der Waals surface area contributed by atoms with Crippen molar-refractivity contribution in [2.45, 2.75) is 5.03 Å². The molecule has 0 aliphatic heterocycles. The lowest BCUT2D eigenvalue weighted by molar-refractivity contribution is -0.113. The smallest absolute Gasteiger partial charge is 0.251 e. The van der Waals surface area contributed by atoms with E-state index in [-0.39, 0.29) is 17.6 Å². The second-order valence-electron chi connectivity index (χ2n) is 7.25. The molecule has 0 spiro atoms. The zero-order valence-electron chi connectivity index (χ0n) is 18.3. The minimum atomic E-state index is -0.204. The second-order valence-corrected chi connectivity index (χ2v) is 8.25. The van der Waals surface area contributed by atoms with Gasteiger partial charge >= 0.3 is 0 Å². The van der Waals surface area contributed by atoms with Crippen molar-refractivity contribution in [3.05, 3.63) is 84.4 Å². The van der Waals surface area contributed by atoms with Gasteiger partial charge in [0.1, 0.15) is 5.75 Å². The molecule has 0 aliphatic rings. The molecule has 7 heteroatoms. The molecular weight excluding hydrogens is 434 g/mol. The lowest BCUT2D eigenvalue weighted by Gasteiger charge is -2.11. The zero-order chi connectivity index (χ0) is 23.2. The molecule has 0 saturated heterocycles. The van der Waals surface area contributed by atoms with Crippen molar-refractivity contribution in [2.24, 2.45) is 0 Å². The van der Waals surface area contributed by atoms with E-state index >= 15 is 0 Å². The van der Waals surface area contributed by atoms with Crippen LogP contribution in [0.3, 0.4) is 0 Å². The maximum Gasteiger partial charge on any atom is 0.251 e.